The number of pyridine rings is 1. The van der Waals surface area contributed by atoms with Gasteiger partial charge in [-0.1, -0.05) is 67.7 Å². The van der Waals surface area contributed by atoms with E-state index in [0.29, 0.717) is 25.1 Å². The van der Waals surface area contributed by atoms with Gasteiger partial charge in [-0.15, -0.1) is 0 Å². The van der Waals surface area contributed by atoms with Crippen molar-refractivity contribution in [1.29, 1.82) is 0 Å². The van der Waals surface area contributed by atoms with Crippen LogP contribution in [-0.4, -0.2) is 40.8 Å². The highest BCUT2D eigenvalue weighted by Crippen LogP contribution is 2.13. The van der Waals surface area contributed by atoms with Gasteiger partial charge in [0.05, 0.1) is 5.56 Å². The Morgan fingerprint density at radius 1 is 0.971 bits per heavy atom. The molecule has 5 heteroatoms. The summed E-state index contributed by atoms with van der Waals surface area (Å²) in [5.41, 5.74) is 0.550. The average molecular weight is 476 g/mol. The second kappa shape index (κ2) is 18.2. The Labute approximate surface area is 211 Å². The van der Waals surface area contributed by atoms with Crippen molar-refractivity contribution in [3.05, 3.63) is 90.9 Å². The Bertz CT molecular complexity index is 884. The molecule has 1 aliphatic rings. The van der Waals surface area contributed by atoms with Crippen molar-refractivity contribution < 1.29 is 9.59 Å². The van der Waals surface area contributed by atoms with Crippen LogP contribution in [0, 0.1) is 0 Å². The zero-order valence-corrected chi connectivity index (χ0v) is 21.1. The predicted molar refractivity (Wildman–Crippen MR) is 145 cm³/mol. The van der Waals surface area contributed by atoms with E-state index in [1.54, 1.807) is 24.5 Å². The molecule has 2 amide bonds. The maximum atomic E-state index is 12.5. The molecule has 1 aromatic heterocycles. The number of amides is 2. The summed E-state index contributed by atoms with van der Waals surface area (Å²) in [7, 11) is 0. The molecule has 1 fully saturated rings. The highest BCUT2D eigenvalue weighted by molar-refractivity contribution is 5.94. The summed E-state index contributed by atoms with van der Waals surface area (Å²) in [6.45, 7) is 3.45. The summed E-state index contributed by atoms with van der Waals surface area (Å²) in [5, 5.41) is 3.01. The Morgan fingerprint density at radius 3 is 2.20 bits per heavy atom. The highest BCUT2D eigenvalue weighted by atomic mass is 16.2. The fraction of sp³-hybridized carbons (Fsp3) is 0.433. The van der Waals surface area contributed by atoms with Crippen LogP contribution in [0.1, 0.15) is 75.1 Å². The SMILES string of the molecule is CC/C=C\CC=CCC=CC/C=C\C/C=C\CCCC(=O)N1CC[C@H](NC(=O)c2cccnc2)C1. The van der Waals surface area contributed by atoms with Gasteiger partial charge in [-0.25, -0.2) is 0 Å². The smallest absolute Gasteiger partial charge is 0.253 e. The zero-order valence-electron chi connectivity index (χ0n) is 21.1. The lowest BCUT2D eigenvalue weighted by molar-refractivity contribution is -0.130. The molecule has 2 heterocycles. The van der Waals surface area contributed by atoms with Gasteiger partial charge < -0.3 is 10.2 Å². The van der Waals surface area contributed by atoms with Gasteiger partial charge >= 0.3 is 0 Å². The van der Waals surface area contributed by atoms with Gasteiger partial charge in [-0.05, 0) is 63.5 Å². The number of unbranched alkanes of at least 4 members (excludes halogenated alkanes) is 1. The fourth-order valence-corrected chi connectivity index (χ4v) is 3.77. The third kappa shape index (κ3) is 12.7. The van der Waals surface area contributed by atoms with Gasteiger partial charge in [0.25, 0.3) is 5.91 Å². The van der Waals surface area contributed by atoms with Gasteiger partial charge in [-0.2, -0.15) is 0 Å². The summed E-state index contributed by atoms with van der Waals surface area (Å²) >= 11 is 0. The van der Waals surface area contributed by atoms with Crippen molar-refractivity contribution in [2.24, 2.45) is 0 Å². The van der Waals surface area contributed by atoms with Crippen molar-refractivity contribution in [1.82, 2.24) is 15.2 Å². The van der Waals surface area contributed by atoms with E-state index in [1.807, 2.05) is 4.90 Å². The zero-order chi connectivity index (χ0) is 25.0. The Morgan fingerprint density at radius 2 is 1.60 bits per heavy atom. The molecule has 0 radical (unpaired) electrons. The molecule has 0 unspecified atom stereocenters. The quantitative estimate of drug-likeness (QED) is 0.238. The van der Waals surface area contributed by atoms with Crippen LogP contribution in [0.25, 0.3) is 0 Å². The molecule has 1 N–H and O–H groups in total. The van der Waals surface area contributed by atoms with Crippen LogP contribution >= 0.6 is 0 Å². The number of carbonyl (C=O) groups is 2. The van der Waals surface area contributed by atoms with Crippen LogP contribution in [0.5, 0.6) is 0 Å². The molecule has 0 bridgehead atoms. The molecule has 0 aromatic carbocycles. The number of hydrogen-bond donors (Lipinski definition) is 1. The molecule has 1 saturated heterocycles. The largest absolute Gasteiger partial charge is 0.347 e. The second-order valence-electron chi connectivity index (χ2n) is 8.64. The average Bonchev–Trinajstić information content (AvgIpc) is 3.35. The number of carbonyl (C=O) groups excluding carboxylic acids is 2. The summed E-state index contributed by atoms with van der Waals surface area (Å²) in [5.74, 6) is 0.0475. The van der Waals surface area contributed by atoms with E-state index in [4.69, 9.17) is 0 Å². The van der Waals surface area contributed by atoms with Crippen molar-refractivity contribution in [3.8, 4) is 0 Å². The number of rotatable bonds is 15. The lowest BCUT2D eigenvalue weighted by Crippen LogP contribution is -2.38. The van der Waals surface area contributed by atoms with Gasteiger partial charge in [0, 0.05) is 37.9 Å². The Balaban J connectivity index is 1.48. The molecule has 35 heavy (non-hydrogen) atoms. The van der Waals surface area contributed by atoms with E-state index in [9.17, 15) is 9.59 Å². The monoisotopic (exact) mass is 475 g/mol. The number of hydrogen-bond acceptors (Lipinski definition) is 3. The van der Waals surface area contributed by atoms with Crippen molar-refractivity contribution in [2.45, 2.75) is 70.8 Å². The first-order valence-electron chi connectivity index (χ1n) is 12.9. The molecule has 2 rings (SSSR count). The van der Waals surface area contributed by atoms with Crippen LogP contribution in [0.3, 0.4) is 0 Å². The van der Waals surface area contributed by atoms with Crippen LogP contribution in [0.15, 0.2) is 85.3 Å². The third-order valence-corrected chi connectivity index (χ3v) is 5.72. The predicted octanol–water partition coefficient (Wildman–Crippen LogP) is 6.33. The van der Waals surface area contributed by atoms with Gasteiger partial charge in [0.15, 0.2) is 0 Å². The van der Waals surface area contributed by atoms with Crippen LogP contribution < -0.4 is 5.32 Å². The number of allylic oxidation sites excluding steroid dienone is 10. The topological polar surface area (TPSA) is 62.3 Å². The number of nitrogens with one attached hydrogen (secondary N) is 1. The Hall–Kier alpha value is -3.21. The molecular formula is C30H41N3O2. The summed E-state index contributed by atoms with van der Waals surface area (Å²) in [6.07, 6.45) is 33.2. The summed E-state index contributed by atoms with van der Waals surface area (Å²) < 4.78 is 0. The lowest BCUT2D eigenvalue weighted by Gasteiger charge is -2.17. The third-order valence-electron chi connectivity index (χ3n) is 5.72. The fourth-order valence-electron chi connectivity index (χ4n) is 3.77. The van der Waals surface area contributed by atoms with E-state index in [2.05, 4.69) is 78.0 Å². The van der Waals surface area contributed by atoms with E-state index in [0.717, 1.165) is 51.4 Å². The minimum Gasteiger partial charge on any atom is -0.347 e. The van der Waals surface area contributed by atoms with Crippen molar-refractivity contribution in [2.75, 3.05) is 13.1 Å². The van der Waals surface area contributed by atoms with Gasteiger partial charge in [-0.3, -0.25) is 14.6 Å². The molecule has 0 saturated carbocycles. The van der Waals surface area contributed by atoms with E-state index in [-0.39, 0.29) is 17.9 Å². The van der Waals surface area contributed by atoms with Gasteiger partial charge in [0.1, 0.15) is 0 Å². The van der Waals surface area contributed by atoms with Crippen LogP contribution in [-0.2, 0) is 4.79 Å². The Kier molecular flexibility index (Phi) is 14.5. The standard InChI is InChI=1S/C30H41N3O2/c1-2-3-4-5-6-7-8-9-10-11-12-13-14-15-16-17-18-21-29(34)33-24-22-28(26-33)32-30(35)27-20-19-23-31-25-27/h3-4,6-7,9-10,12-13,15-16,19-20,23,25,28H,2,5,8,11,14,17-18,21-22,24,26H2,1H3,(H,32,35)/b4-3-,7-6?,10-9?,13-12-,16-15-/t28-/m0/s1. The normalized spacial score (nSPS) is 16.6. The van der Waals surface area contributed by atoms with Crippen molar-refractivity contribution in [3.63, 3.8) is 0 Å². The van der Waals surface area contributed by atoms with E-state index >= 15 is 0 Å². The van der Waals surface area contributed by atoms with E-state index < -0.39 is 0 Å². The number of likely N-dealkylation sites (tertiary alicyclic amines) is 1. The molecule has 1 aromatic rings. The molecule has 1 aliphatic heterocycles. The minimum atomic E-state index is -0.129. The second-order valence-corrected chi connectivity index (χ2v) is 8.64. The molecule has 5 nitrogen and oxygen atoms in total. The molecule has 1 atom stereocenters. The van der Waals surface area contributed by atoms with Gasteiger partial charge in [0.2, 0.25) is 5.91 Å². The van der Waals surface area contributed by atoms with E-state index in [1.165, 1.54) is 0 Å². The number of aromatic nitrogens is 1. The molecule has 0 aliphatic carbocycles. The first kappa shape index (κ1) is 28.0. The first-order valence-corrected chi connectivity index (χ1v) is 12.9. The molecular weight excluding hydrogens is 434 g/mol. The highest BCUT2D eigenvalue weighted by Gasteiger charge is 2.27. The maximum absolute atomic E-state index is 12.5. The number of nitrogens with zero attached hydrogens (tertiary/aromatic N) is 2. The van der Waals surface area contributed by atoms with Crippen LogP contribution in [0.2, 0.25) is 0 Å². The first-order chi connectivity index (χ1) is 17.2. The molecule has 188 valence electrons. The maximum Gasteiger partial charge on any atom is 0.253 e. The minimum absolute atomic E-state index is 0.0117. The van der Waals surface area contributed by atoms with Crippen LogP contribution in [0.4, 0.5) is 0 Å². The summed E-state index contributed by atoms with van der Waals surface area (Å²) in [4.78, 5) is 30.6. The summed E-state index contributed by atoms with van der Waals surface area (Å²) in [6, 6.07) is 3.50. The van der Waals surface area contributed by atoms with Crippen molar-refractivity contribution >= 4 is 11.8 Å². The lowest BCUT2D eigenvalue weighted by atomic mass is 10.2. The molecule has 0 spiro atoms.